The highest BCUT2D eigenvalue weighted by Gasteiger charge is 2.12. The number of methoxy groups -OCH3 is 1. The number of H-pyrrole nitrogens is 1. The normalized spacial score (nSPS) is 10.5. The smallest absolute Gasteiger partial charge is 0.306 e. The van der Waals surface area contributed by atoms with Crippen molar-refractivity contribution >= 4 is 11.6 Å². The van der Waals surface area contributed by atoms with Crippen molar-refractivity contribution < 1.29 is 14.5 Å². The summed E-state index contributed by atoms with van der Waals surface area (Å²) in [5, 5.41) is 24.0. The Kier molecular flexibility index (Phi) is 4.92. The number of amides is 1. The highest BCUT2D eigenvalue weighted by Crippen LogP contribution is 2.22. The molecule has 0 aliphatic heterocycles. The van der Waals surface area contributed by atoms with E-state index in [1.807, 2.05) is 24.3 Å². The first-order valence-corrected chi connectivity index (χ1v) is 7.71. The molecule has 0 spiro atoms. The van der Waals surface area contributed by atoms with Gasteiger partial charge in [-0.15, -0.1) is 0 Å². The standard InChI is InChI=1S/C16H16N6O4/c1-26-13-4-2-3-11(7-13)14-8-15(20-19-14)16(23)17-5-6-21-10-12(9-18-21)22(24)25/h2-4,7-10H,5-6H2,1H3,(H,17,23)(H,19,20). The number of nitro groups is 1. The Bertz CT molecular complexity index is 932. The summed E-state index contributed by atoms with van der Waals surface area (Å²) in [5.41, 5.74) is 1.67. The molecule has 0 bridgehead atoms. The Morgan fingerprint density at radius 3 is 3.00 bits per heavy atom. The molecule has 0 radical (unpaired) electrons. The van der Waals surface area contributed by atoms with Gasteiger partial charge in [-0.25, -0.2) is 0 Å². The molecule has 2 aromatic heterocycles. The molecule has 0 atom stereocenters. The number of nitrogens with one attached hydrogen (secondary N) is 2. The van der Waals surface area contributed by atoms with Crippen LogP contribution in [0.25, 0.3) is 11.3 Å². The second-order valence-corrected chi connectivity index (χ2v) is 5.37. The molecular formula is C16H16N6O4. The predicted octanol–water partition coefficient (Wildman–Crippen LogP) is 1.62. The van der Waals surface area contributed by atoms with Gasteiger partial charge in [-0.05, 0) is 18.2 Å². The molecule has 3 rings (SSSR count). The molecule has 2 heterocycles. The third-order valence-electron chi connectivity index (χ3n) is 3.64. The first-order valence-electron chi connectivity index (χ1n) is 7.71. The van der Waals surface area contributed by atoms with Gasteiger partial charge in [-0.3, -0.25) is 24.7 Å². The number of carbonyl (C=O) groups excluding carboxylic acids is 1. The maximum absolute atomic E-state index is 12.2. The minimum absolute atomic E-state index is 0.0900. The fraction of sp³-hybridized carbons (Fsp3) is 0.188. The first kappa shape index (κ1) is 17.1. The van der Waals surface area contributed by atoms with Crippen LogP contribution in [0.4, 0.5) is 5.69 Å². The van der Waals surface area contributed by atoms with Crippen LogP contribution in [0.3, 0.4) is 0 Å². The molecule has 2 N–H and O–H groups in total. The molecule has 10 heteroatoms. The molecule has 134 valence electrons. The maximum atomic E-state index is 12.2. The van der Waals surface area contributed by atoms with Crippen LogP contribution in [0.15, 0.2) is 42.7 Å². The lowest BCUT2D eigenvalue weighted by Gasteiger charge is -2.03. The quantitative estimate of drug-likeness (QED) is 0.489. The van der Waals surface area contributed by atoms with E-state index in [2.05, 4.69) is 20.6 Å². The van der Waals surface area contributed by atoms with Crippen LogP contribution in [-0.4, -0.2) is 44.5 Å². The van der Waals surface area contributed by atoms with Gasteiger partial charge in [0.05, 0.1) is 24.3 Å². The molecule has 0 aliphatic rings. The molecule has 26 heavy (non-hydrogen) atoms. The largest absolute Gasteiger partial charge is 0.497 e. The average Bonchev–Trinajstić information content (AvgIpc) is 3.31. The second-order valence-electron chi connectivity index (χ2n) is 5.37. The average molecular weight is 356 g/mol. The van der Waals surface area contributed by atoms with E-state index in [0.29, 0.717) is 23.7 Å². The molecule has 0 unspecified atom stereocenters. The topological polar surface area (TPSA) is 128 Å². The number of hydrogen-bond acceptors (Lipinski definition) is 6. The van der Waals surface area contributed by atoms with E-state index >= 15 is 0 Å². The minimum Gasteiger partial charge on any atom is -0.497 e. The third kappa shape index (κ3) is 3.86. The van der Waals surface area contributed by atoms with Gasteiger partial charge in [0, 0.05) is 12.1 Å². The van der Waals surface area contributed by atoms with Crippen molar-refractivity contribution in [2.45, 2.75) is 6.54 Å². The lowest BCUT2D eigenvalue weighted by atomic mass is 10.1. The molecule has 0 saturated heterocycles. The van der Waals surface area contributed by atoms with Crippen LogP contribution in [0.1, 0.15) is 10.5 Å². The summed E-state index contributed by atoms with van der Waals surface area (Å²) in [6.45, 7) is 0.585. The van der Waals surface area contributed by atoms with Gasteiger partial charge in [0.25, 0.3) is 5.91 Å². The third-order valence-corrected chi connectivity index (χ3v) is 3.64. The summed E-state index contributed by atoms with van der Waals surface area (Å²) in [4.78, 5) is 22.3. The van der Waals surface area contributed by atoms with Crippen LogP contribution in [0.5, 0.6) is 5.75 Å². The summed E-state index contributed by atoms with van der Waals surface area (Å²) >= 11 is 0. The Morgan fingerprint density at radius 1 is 1.42 bits per heavy atom. The Hall–Kier alpha value is -3.69. The second kappa shape index (κ2) is 7.47. The van der Waals surface area contributed by atoms with E-state index in [1.165, 1.54) is 10.9 Å². The minimum atomic E-state index is -0.521. The number of carbonyl (C=O) groups is 1. The molecule has 10 nitrogen and oxygen atoms in total. The van der Waals surface area contributed by atoms with Crippen molar-refractivity contribution in [3.8, 4) is 17.0 Å². The monoisotopic (exact) mass is 356 g/mol. The summed E-state index contributed by atoms with van der Waals surface area (Å²) in [6, 6.07) is 8.99. The zero-order chi connectivity index (χ0) is 18.5. The lowest BCUT2D eigenvalue weighted by Crippen LogP contribution is -2.27. The van der Waals surface area contributed by atoms with E-state index in [4.69, 9.17) is 4.74 Å². The molecule has 1 amide bonds. The van der Waals surface area contributed by atoms with E-state index in [0.717, 1.165) is 11.8 Å². The zero-order valence-corrected chi connectivity index (χ0v) is 13.9. The van der Waals surface area contributed by atoms with E-state index < -0.39 is 4.92 Å². The zero-order valence-electron chi connectivity index (χ0n) is 13.9. The molecule has 0 aliphatic carbocycles. The Morgan fingerprint density at radius 2 is 2.27 bits per heavy atom. The number of rotatable bonds is 7. The molecule has 3 aromatic rings. The number of aromatic amines is 1. The lowest BCUT2D eigenvalue weighted by molar-refractivity contribution is -0.385. The van der Waals surface area contributed by atoms with Crippen LogP contribution in [-0.2, 0) is 6.54 Å². The van der Waals surface area contributed by atoms with E-state index in [-0.39, 0.29) is 18.1 Å². The Labute approximate surface area is 147 Å². The van der Waals surface area contributed by atoms with Crippen molar-refractivity contribution in [3.05, 3.63) is 58.5 Å². The van der Waals surface area contributed by atoms with Crippen molar-refractivity contribution in [1.82, 2.24) is 25.3 Å². The fourth-order valence-electron chi connectivity index (χ4n) is 2.32. The van der Waals surface area contributed by atoms with Gasteiger partial charge in [0.15, 0.2) is 0 Å². The van der Waals surface area contributed by atoms with Gasteiger partial charge in [-0.2, -0.15) is 10.2 Å². The van der Waals surface area contributed by atoms with Crippen molar-refractivity contribution in [2.75, 3.05) is 13.7 Å². The fourth-order valence-corrected chi connectivity index (χ4v) is 2.32. The number of aromatic nitrogens is 4. The van der Waals surface area contributed by atoms with Gasteiger partial charge in [0.1, 0.15) is 23.8 Å². The first-order chi connectivity index (χ1) is 12.6. The van der Waals surface area contributed by atoms with Crippen molar-refractivity contribution in [2.24, 2.45) is 0 Å². The van der Waals surface area contributed by atoms with Crippen LogP contribution in [0, 0.1) is 10.1 Å². The van der Waals surface area contributed by atoms with Gasteiger partial charge < -0.3 is 10.1 Å². The molecule has 0 fully saturated rings. The van der Waals surface area contributed by atoms with Gasteiger partial charge in [0.2, 0.25) is 0 Å². The maximum Gasteiger partial charge on any atom is 0.306 e. The van der Waals surface area contributed by atoms with Gasteiger partial charge >= 0.3 is 5.69 Å². The summed E-state index contributed by atoms with van der Waals surface area (Å²) in [7, 11) is 1.58. The number of benzene rings is 1. The molecule has 1 aromatic carbocycles. The Balaban J connectivity index is 1.58. The predicted molar refractivity (Wildman–Crippen MR) is 91.8 cm³/mol. The summed E-state index contributed by atoms with van der Waals surface area (Å²) in [5.74, 6) is 0.373. The van der Waals surface area contributed by atoms with Crippen molar-refractivity contribution in [1.29, 1.82) is 0 Å². The van der Waals surface area contributed by atoms with Crippen LogP contribution >= 0.6 is 0 Å². The summed E-state index contributed by atoms with van der Waals surface area (Å²) < 4.78 is 6.57. The summed E-state index contributed by atoms with van der Waals surface area (Å²) in [6.07, 6.45) is 2.47. The highest BCUT2D eigenvalue weighted by molar-refractivity contribution is 5.93. The van der Waals surface area contributed by atoms with Crippen molar-refractivity contribution in [3.63, 3.8) is 0 Å². The number of ether oxygens (including phenoxy) is 1. The molecular weight excluding hydrogens is 340 g/mol. The highest BCUT2D eigenvalue weighted by atomic mass is 16.6. The number of nitrogens with zero attached hydrogens (tertiary/aromatic N) is 4. The SMILES string of the molecule is COc1cccc(-c2cc(C(=O)NCCn3cc([N+](=O)[O-])cn3)[nH]n2)c1. The van der Waals surface area contributed by atoms with Gasteiger partial charge in [-0.1, -0.05) is 12.1 Å². The van der Waals surface area contributed by atoms with Crippen LogP contribution in [0.2, 0.25) is 0 Å². The van der Waals surface area contributed by atoms with E-state index in [1.54, 1.807) is 13.2 Å². The van der Waals surface area contributed by atoms with Crippen LogP contribution < -0.4 is 10.1 Å². The number of hydrogen-bond donors (Lipinski definition) is 2. The van der Waals surface area contributed by atoms with E-state index in [9.17, 15) is 14.9 Å². The molecule has 0 saturated carbocycles.